The minimum atomic E-state index is -4.51. The van der Waals surface area contributed by atoms with E-state index < -0.39 is 50.5 Å². The van der Waals surface area contributed by atoms with Crippen molar-refractivity contribution in [3.8, 4) is 17.3 Å². The number of ether oxygens (including phenoxy) is 1. The summed E-state index contributed by atoms with van der Waals surface area (Å²) in [5.74, 6) is -1.43. The summed E-state index contributed by atoms with van der Waals surface area (Å²) in [5.41, 5.74) is 6.37. The number of aromatic nitrogens is 2. The molecule has 2 aromatic heterocycles. The highest BCUT2D eigenvalue weighted by molar-refractivity contribution is 7.91. The van der Waals surface area contributed by atoms with Crippen molar-refractivity contribution in [1.29, 1.82) is 0 Å². The van der Waals surface area contributed by atoms with Crippen LogP contribution in [0.15, 0.2) is 65.1 Å². The first kappa shape index (κ1) is 38.3. The number of unbranched alkanes of at least 4 members (excludes halogenated alkanes) is 4. The summed E-state index contributed by atoms with van der Waals surface area (Å²) in [7, 11) is -3.63. The van der Waals surface area contributed by atoms with Gasteiger partial charge >= 0.3 is 6.18 Å². The van der Waals surface area contributed by atoms with Gasteiger partial charge in [0.05, 0.1) is 16.9 Å². The highest BCUT2D eigenvalue weighted by Gasteiger charge is 2.52. The Labute approximate surface area is 315 Å². The van der Waals surface area contributed by atoms with Crippen molar-refractivity contribution in [3.63, 3.8) is 0 Å². The molecule has 3 fully saturated rings. The van der Waals surface area contributed by atoms with Crippen LogP contribution in [0.4, 0.5) is 13.2 Å². The highest BCUT2D eigenvalue weighted by atomic mass is 32.2. The third kappa shape index (κ3) is 8.33. The van der Waals surface area contributed by atoms with E-state index in [4.69, 9.17) is 14.9 Å². The summed E-state index contributed by atoms with van der Waals surface area (Å²) in [6.07, 6.45) is 4.87. The summed E-state index contributed by atoms with van der Waals surface area (Å²) >= 11 is 0. The van der Waals surface area contributed by atoms with Gasteiger partial charge in [-0.25, -0.2) is 13.4 Å². The average molecular weight is 782 g/mol. The number of sulfonamides is 1. The molecular weight excluding hydrogens is 740 g/mol. The van der Waals surface area contributed by atoms with Gasteiger partial charge in [0.15, 0.2) is 5.82 Å². The van der Waals surface area contributed by atoms with Crippen LogP contribution in [0.2, 0.25) is 0 Å². The molecule has 4 aromatic rings. The molecule has 0 unspecified atom stereocenters. The topological polar surface area (TPSA) is 175 Å². The van der Waals surface area contributed by atoms with E-state index in [1.807, 2.05) is 12.2 Å². The molecule has 7 rings (SSSR count). The number of allylic oxidation sites excluding steroid dienone is 2. The fourth-order valence-electron chi connectivity index (χ4n) is 6.98. The van der Waals surface area contributed by atoms with Crippen molar-refractivity contribution in [3.05, 3.63) is 66.2 Å². The van der Waals surface area contributed by atoms with E-state index in [0.29, 0.717) is 47.7 Å². The quantitative estimate of drug-likeness (QED) is 0.102. The van der Waals surface area contributed by atoms with E-state index in [9.17, 15) is 36.0 Å². The van der Waals surface area contributed by atoms with Crippen molar-refractivity contribution in [2.24, 2.45) is 17.6 Å². The minimum absolute atomic E-state index is 0.0315. The molecule has 0 bridgehead atoms. The Bertz CT molecular complexity index is 2250. The van der Waals surface area contributed by atoms with Crippen LogP contribution in [0.25, 0.3) is 33.5 Å². The number of carbonyl (C=O) groups excluding carboxylic acids is 3. The molecule has 2 saturated carbocycles. The lowest BCUT2D eigenvalue weighted by Gasteiger charge is -2.21. The maximum absolute atomic E-state index is 13.3. The smallest absolute Gasteiger partial charge is 0.416 e. The van der Waals surface area contributed by atoms with E-state index in [1.165, 1.54) is 17.0 Å². The summed E-state index contributed by atoms with van der Waals surface area (Å²) in [4.78, 5) is 48.7. The van der Waals surface area contributed by atoms with Gasteiger partial charge in [-0.05, 0) is 75.6 Å². The van der Waals surface area contributed by atoms with Gasteiger partial charge in [0.1, 0.15) is 23.2 Å². The van der Waals surface area contributed by atoms with Crippen molar-refractivity contribution in [1.82, 2.24) is 19.6 Å². The molecule has 3 amide bonds. The lowest BCUT2D eigenvalue weighted by atomic mass is 10.1. The lowest BCUT2D eigenvalue weighted by Crippen LogP contribution is -2.43. The number of rotatable bonds is 15. The Morgan fingerprint density at radius 2 is 1.76 bits per heavy atom. The standard InChI is InChI=1S/C39H42F3N5O7S/c1-38(18-19-38)55(51,52)46-36(50)28-20-24(28)10-6-4-2-3-5-7-13-31(48)47-22-26(21-29(47)34(43)49)53-37-33-32(27-11-8-9-12-30(27)54-33)44-35(45-37)23-14-16-25(17-15-23)39(40,41)42/h6,8-12,14-17,24,26,28-29H,2-5,7,13,18-22H2,1H3,(H2,43,49)(H,46,50)/b10-6-/t24-,26-,28+,29+/m1/s1. The van der Waals surface area contributed by atoms with Gasteiger partial charge in [-0.1, -0.05) is 49.3 Å². The van der Waals surface area contributed by atoms with Crippen LogP contribution < -0.4 is 15.2 Å². The Morgan fingerprint density at radius 3 is 2.47 bits per heavy atom. The molecular formula is C39H42F3N5O7S. The fraction of sp³-hybridized carbons (Fsp3) is 0.462. The fourth-order valence-corrected chi connectivity index (χ4v) is 8.28. The van der Waals surface area contributed by atoms with Crippen LogP contribution in [0.5, 0.6) is 5.88 Å². The van der Waals surface area contributed by atoms with Crippen molar-refractivity contribution >= 4 is 49.8 Å². The predicted octanol–water partition coefficient (Wildman–Crippen LogP) is 6.43. The van der Waals surface area contributed by atoms with Gasteiger partial charge in [-0.15, -0.1) is 0 Å². The number of furan rings is 1. The van der Waals surface area contributed by atoms with Gasteiger partial charge in [0, 0.05) is 29.7 Å². The van der Waals surface area contributed by atoms with E-state index >= 15 is 0 Å². The number of carbonyl (C=O) groups is 3. The molecule has 55 heavy (non-hydrogen) atoms. The van der Waals surface area contributed by atoms with Crippen LogP contribution in [-0.2, 0) is 30.6 Å². The number of amides is 3. The average Bonchev–Trinajstić information content (AvgIpc) is 4.01. The molecule has 4 atom stereocenters. The monoisotopic (exact) mass is 781 g/mol. The lowest BCUT2D eigenvalue weighted by molar-refractivity contribution is -0.137. The molecule has 3 aliphatic rings. The summed E-state index contributed by atoms with van der Waals surface area (Å²) in [5, 5.41) is 0.654. The van der Waals surface area contributed by atoms with E-state index in [0.717, 1.165) is 37.8 Å². The number of nitrogens with zero attached hydrogens (tertiary/aromatic N) is 3. The van der Waals surface area contributed by atoms with Gasteiger partial charge in [0.2, 0.25) is 33.3 Å². The van der Waals surface area contributed by atoms with E-state index in [2.05, 4.69) is 14.7 Å². The summed E-state index contributed by atoms with van der Waals surface area (Å²) < 4.78 is 78.1. The molecule has 3 N–H and O–H groups in total. The first-order valence-corrected chi connectivity index (χ1v) is 20.0. The second-order valence-corrected chi connectivity index (χ2v) is 17.1. The van der Waals surface area contributed by atoms with Crippen LogP contribution in [0.1, 0.15) is 76.7 Å². The zero-order chi connectivity index (χ0) is 39.1. The van der Waals surface area contributed by atoms with Crippen molar-refractivity contribution in [2.75, 3.05) is 6.54 Å². The molecule has 0 spiro atoms. The Morgan fingerprint density at radius 1 is 1.04 bits per heavy atom. The second kappa shape index (κ2) is 14.9. The maximum Gasteiger partial charge on any atom is 0.416 e. The summed E-state index contributed by atoms with van der Waals surface area (Å²) in [6.45, 7) is 1.72. The number of nitrogens with two attached hydrogens (primary N) is 1. The third-order valence-electron chi connectivity index (χ3n) is 10.8. The summed E-state index contributed by atoms with van der Waals surface area (Å²) in [6, 6.07) is 10.7. The molecule has 2 aromatic carbocycles. The first-order chi connectivity index (χ1) is 26.1. The molecule has 1 saturated heterocycles. The zero-order valence-electron chi connectivity index (χ0n) is 30.2. The van der Waals surface area contributed by atoms with Gasteiger partial charge in [-0.3, -0.25) is 19.1 Å². The van der Waals surface area contributed by atoms with E-state index in [1.54, 1.807) is 31.2 Å². The Hall–Kier alpha value is -4.99. The Balaban J connectivity index is 0.918. The molecule has 3 heterocycles. The van der Waals surface area contributed by atoms with E-state index in [-0.39, 0.29) is 54.4 Å². The second-order valence-electron chi connectivity index (χ2n) is 15.0. The molecule has 2 aliphatic carbocycles. The van der Waals surface area contributed by atoms with Crippen LogP contribution in [0, 0.1) is 11.8 Å². The number of likely N-dealkylation sites (tertiary alicyclic amines) is 1. The number of primary amides is 1. The number of alkyl halides is 3. The number of para-hydroxylation sites is 1. The largest absolute Gasteiger partial charge is 0.470 e. The number of nitrogens with one attached hydrogen (secondary N) is 1. The maximum atomic E-state index is 13.3. The van der Waals surface area contributed by atoms with Gasteiger partial charge < -0.3 is 19.8 Å². The molecule has 292 valence electrons. The molecule has 12 nitrogen and oxygen atoms in total. The molecule has 16 heteroatoms. The third-order valence-corrected chi connectivity index (χ3v) is 12.9. The molecule has 0 radical (unpaired) electrons. The van der Waals surface area contributed by atoms with Crippen LogP contribution in [0.3, 0.4) is 0 Å². The van der Waals surface area contributed by atoms with Crippen molar-refractivity contribution in [2.45, 2.75) is 94.2 Å². The Kier molecular flexibility index (Phi) is 10.4. The SMILES string of the molecule is CC1(S(=O)(=O)NC(=O)[C@H]2C[C@H]2/C=C\CCCCCCC(=O)N2C[C@H](Oc3nc(-c4ccc(C(F)(F)F)cc4)nc4c3oc3ccccc34)C[C@H]2C(N)=O)CC1. The van der Waals surface area contributed by atoms with Gasteiger partial charge in [-0.2, -0.15) is 18.2 Å². The minimum Gasteiger partial charge on any atom is -0.470 e. The number of benzene rings is 2. The molecule has 1 aliphatic heterocycles. The predicted molar refractivity (Wildman–Crippen MR) is 197 cm³/mol. The van der Waals surface area contributed by atoms with Crippen molar-refractivity contribution < 1.29 is 45.1 Å². The van der Waals surface area contributed by atoms with Crippen LogP contribution in [-0.4, -0.2) is 64.4 Å². The first-order valence-electron chi connectivity index (χ1n) is 18.5. The number of hydrogen-bond acceptors (Lipinski definition) is 9. The number of halogens is 3. The van der Waals surface area contributed by atoms with Crippen LogP contribution >= 0.6 is 0 Å². The normalized spacial score (nSPS) is 22.0. The zero-order valence-corrected chi connectivity index (χ0v) is 31.0. The number of fused-ring (bicyclic) bond motifs is 3. The highest BCUT2D eigenvalue weighted by Crippen LogP contribution is 2.44. The van der Waals surface area contributed by atoms with Gasteiger partial charge in [0.25, 0.3) is 5.88 Å². The number of hydrogen-bond donors (Lipinski definition) is 2.